The number of hydrogen-bond acceptors (Lipinski definition) is 7. The van der Waals surface area contributed by atoms with Crippen molar-refractivity contribution in [3.05, 3.63) is 28.4 Å². The molecule has 0 amide bonds. The molecule has 0 aromatic heterocycles. The molecular weight excluding hydrogens is 466 g/mol. The molecule has 0 radical (unpaired) electrons. The van der Waals surface area contributed by atoms with E-state index in [1.54, 1.807) is 0 Å². The lowest BCUT2D eigenvalue weighted by molar-refractivity contribution is -0.183. The molecular formula is C20H16F6O7. The van der Waals surface area contributed by atoms with Crippen molar-refractivity contribution in [1.29, 1.82) is 0 Å². The molecule has 180 valence electrons. The Bertz CT molecular complexity index is 960. The van der Waals surface area contributed by atoms with Gasteiger partial charge in [0.25, 0.3) is 0 Å². The van der Waals surface area contributed by atoms with Crippen LogP contribution in [0.25, 0.3) is 0 Å². The summed E-state index contributed by atoms with van der Waals surface area (Å²) >= 11 is 0. The normalized spacial score (nSPS) is 21.6. The van der Waals surface area contributed by atoms with E-state index < -0.39 is 77.3 Å². The summed E-state index contributed by atoms with van der Waals surface area (Å²) in [7, 11) is 0. The second-order valence-electron chi connectivity index (χ2n) is 7.63. The third-order valence-electron chi connectivity index (χ3n) is 5.02. The molecule has 0 saturated heterocycles. The molecule has 1 atom stereocenters. The van der Waals surface area contributed by atoms with Gasteiger partial charge in [-0.05, 0) is 38.2 Å². The lowest BCUT2D eigenvalue weighted by atomic mass is 9.79. The fourth-order valence-corrected chi connectivity index (χ4v) is 3.11. The smallest absolute Gasteiger partial charge is 0.422 e. The van der Waals surface area contributed by atoms with E-state index in [2.05, 4.69) is 4.74 Å². The van der Waals surface area contributed by atoms with Gasteiger partial charge >= 0.3 is 30.3 Å². The SMILES string of the molecule is O=C=C1C=C(C(=O)OCC(F)(F)F)C(C(=O)OC2CC2)=C(C(=O)OC2CCC2)C1C(F)(F)F. The fourth-order valence-electron chi connectivity index (χ4n) is 3.11. The number of halogens is 6. The van der Waals surface area contributed by atoms with E-state index in [1.807, 2.05) is 0 Å². The second-order valence-corrected chi connectivity index (χ2v) is 7.63. The molecule has 13 heteroatoms. The highest BCUT2D eigenvalue weighted by molar-refractivity contribution is 6.14. The standard InChI is InChI=1S/C20H16F6O7/c21-19(22,23)8-31-16(28)12-6-9(7-27)15(20(24,25)26)14(18(30)32-10-2-1-3-10)13(12)17(29)33-11-4-5-11/h6,10-11,15H,1-5,8H2. The third kappa shape index (κ3) is 5.84. The number of alkyl halides is 6. The first-order chi connectivity index (χ1) is 15.3. The molecule has 33 heavy (non-hydrogen) atoms. The van der Waals surface area contributed by atoms with Crippen molar-refractivity contribution in [2.24, 2.45) is 5.92 Å². The largest absolute Gasteiger partial charge is 0.459 e. The number of carbonyl (C=O) groups is 3. The Labute approximate surface area is 182 Å². The molecule has 7 nitrogen and oxygen atoms in total. The highest BCUT2D eigenvalue weighted by atomic mass is 19.4. The van der Waals surface area contributed by atoms with Gasteiger partial charge in [0.15, 0.2) is 6.61 Å². The average molecular weight is 482 g/mol. The van der Waals surface area contributed by atoms with Gasteiger partial charge in [0.1, 0.15) is 24.1 Å². The van der Waals surface area contributed by atoms with Crippen molar-refractivity contribution in [2.45, 2.75) is 56.7 Å². The first-order valence-corrected chi connectivity index (χ1v) is 9.75. The Morgan fingerprint density at radius 1 is 0.909 bits per heavy atom. The highest BCUT2D eigenvalue weighted by Gasteiger charge is 2.53. The van der Waals surface area contributed by atoms with Gasteiger partial charge in [-0.25, -0.2) is 19.2 Å². The van der Waals surface area contributed by atoms with Crippen LogP contribution in [0, 0.1) is 5.92 Å². The highest BCUT2D eigenvalue weighted by Crippen LogP contribution is 2.45. The van der Waals surface area contributed by atoms with Crippen molar-refractivity contribution < 1.29 is 59.7 Å². The monoisotopic (exact) mass is 482 g/mol. The van der Waals surface area contributed by atoms with Gasteiger partial charge in [0.2, 0.25) is 0 Å². The van der Waals surface area contributed by atoms with E-state index in [4.69, 9.17) is 9.47 Å². The van der Waals surface area contributed by atoms with E-state index in [-0.39, 0.29) is 6.08 Å². The predicted octanol–water partition coefficient (Wildman–Crippen LogP) is 3.07. The molecule has 2 saturated carbocycles. The summed E-state index contributed by atoms with van der Waals surface area (Å²) in [5, 5.41) is 0. The molecule has 3 aliphatic carbocycles. The summed E-state index contributed by atoms with van der Waals surface area (Å²) in [4.78, 5) is 49.0. The van der Waals surface area contributed by atoms with Crippen LogP contribution in [0.3, 0.4) is 0 Å². The third-order valence-corrected chi connectivity index (χ3v) is 5.02. The van der Waals surface area contributed by atoms with Gasteiger partial charge < -0.3 is 14.2 Å². The summed E-state index contributed by atoms with van der Waals surface area (Å²) in [6.07, 6.45) is -9.51. The second kappa shape index (κ2) is 9.05. The topological polar surface area (TPSA) is 96.0 Å². The van der Waals surface area contributed by atoms with Crippen LogP contribution in [0.1, 0.15) is 32.1 Å². The molecule has 2 fully saturated rings. The Morgan fingerprint density at radius 2 is 1.48 bits per heavy atom. The number of ether oxygens (including phenoxy) is 3. The van der Waals surface area contributed by atoms with Crippen molar-refractivity contribution in [3.8, 4) is 0 Å². The average Bonchev–Trinajstić information content (AvgIpc) is 3.49. The minimum atomic E-state index is -5.32. The summed E-state index contributed by atoms with van der Waals surface area (Å²) < 4.78 is 93.0. The predicted molar refractivity (Wildman–Crippen MR) is 93.7 cm³/mol. The zero-order valence-corrected chi connectivity index (χ0v) is 16.7. The van der Waals surface area contributed by atoms with Crippen LogP contribution < -0.4 is 0 Å². The first kappa shape index (κ1) is 24.6. The quantitative estimate of drug-likeness (QED) is 0.249. The van der Waals surface area contributed by atoms with Crippen LogP contribution in [0.15, 0.2) is 28.4 Å². The maximum Gasteiger partial charge on any atom is 0.422 e. The molecule has 1 unspecified atom stereocenters. The minimum absolute atomic E-state index is 0.230. The maximum absolute atomic E-state index is 13.9. The molecule has 0 aromatic carbocycles. The van der Waals surface area contributed by atoms with E-state index in [9.17, 15) is 45.5 Å². The summed E-state index contributed by atoms with van der Waals surface area (Å²) in [5.41, 5.74) is -5.14. The zero-order valence-electron chi connectivity index (χ0n) is 16.7. The molecule has 0 aromatic rings. The summed E-state index contributed by atoms with van der Waals surface area (Å²) in [6.45, 7) is -2.13. The molecule has 0 spiro atoms. The number of rotatable bonds is 6. The van der Waals surface area contributed by atoms with Crippen molar-refractivity contribution in [1.82, 2.24) is 0 Å². The lowest BCUT2D eigenvalue weighted by Crippen LogP contribution is -2.38. The van der Waals surface area contributed by atoms with Crippen LogP contribution in [0.2, 0.25) is 0 Å². The van der Waals surface area contributed by atoms with Crippen LogP contribution in [-0.4, -0.2) is 55.0 Å². The van der Waals surface area contributed by atoms with E-state index >= 15 is 0 Å². The van der Waals surface area contributed by atoms with Gasteiger partial charge in [-0.15, -0.1) is 0 Å². The maximum atomic E-state index is 13.9. The first-order valence-electron chi connectivity index (χ1n) is 9.75. The van der Waals surface area contributed by atoms with Gasteiger partial charge in [-0.1, -0.05) is 0 Å². The van der Waals surface area contributed by atoms with Gasteiger partial charge in [0, 0.05) is 0 Å². The molecule has 0 bridgehead atoms. The molecule has 0 heterocycles. The lowest BCUT2D eigenvalue weighted by Gasteiger charge is -2.31. The fraction of sp³-hybridized carbons (Fsp3) is 0.550. The Hall–Kier alpha value is -3.08. The van der Waals surface area contributed by atoms with Crippen LogP contribution in [0.4, 0.5) is 26.3 Å². The van der Waals surface area contributed by atoms with Crippen LogP contribution in [0.5, 0.6) is 0 Å². The van der Waals surface area contributed by atoms with Crippen LogP contribution in [-0.2, 0) is 33.4 Å². The molecule has 3 aliphatic rings. The van der Waals surface area contributed by atoms with Crippen molar-refractivity contribution in [2.75, 3.05) is 6.61 Å². The summed E-state index contributed by atoms with van der Waals surface area (Å²) in [6, 6.07) is 0. The Kier molecular flexibility index (Phi) is 6.73. The van der Waals surface area contributed by atoms with E-state index in [1.165, 1.54) is 0 Å². The molecule has 0 N–H and O–H groups in total. The van der Waals surface area contributed by atoms with Gasteiger partial charge in [0.05, 0.1) is 22.3 Å². The minimum Gasteiger partial charge on any atom is -0.459 e. The number of esters is 3. The summed E-state index contributed by atoms with van der Waals surface area (Å²) in [5.74, 6) is -7.14. The molecule has 3 rings (SSSR count). The Morgan fingerprint density at radius 3 is 1.94 bits per heavy atom. The van der Waals surface area contributed by atoms with E-state index in [0.717, 1.165) is 5.94 Å². The van der Waals surface area contributed by atoms with E-state index in [0.29, 0.717) is 32.1 Å². The van der Waals surface area contributed by atoms with Crippen molar-refractivity contribution in [3.63, 3.8) is 0 Å². The number of hydrogen-bond donors (Lipinski definition) is 0. The zero-order chi connectivity index (χ0) is 24.6. The Balaban J connectivity index is 2.13. The van der Waals surface area contributed by atoms with Crippen LogP contribution >= 0.6 is 0 Å². The molecule has 0 aliphatic heterocycles. The number of allylic oxidation sites excluding steroid dienone is 2. The number of carbonyl (C=O) groups excluding carboxylic acids is 4. The van der Waals surface area contributed by atoms with Crippen molar-refractivity contribution >= 4 is 23.8 Å². The van der Waals surface area contributed by atoms with Gasteiger partial charge in [-0.3, -0.25) is 0 Å². The van der Waals surface area contributed by atoms with Gasteiger partial charge in [-0.2, -0.15) is 26.3 Å².